The molecule has 2 heterocycles. The fourth-order valence-electron chi connectivity index (χ4n) is 5.03. The summed E-state index contributed by atoms with van der Waals surface area (Å²) >= 11 is 0. The lowest BCUT2D eigenvalue weighted by Crippen LogP contribution is -2.44. The van der Waals surface area contributed by atoms with Crippen LogP contribution in [0, 0.1) is 5.92 Å². The fraction of sp³-hybridized carbons (Fsp3) is 0.519. The van der Waals surface area contributed by atoms with Gasteiger partial charge in [-0.25, -0.2) is 0 Å². The van der Waals surface area contributed by atoms with E-state index in [0.717, 1.165) is 77.6 Å². The Morgan fingerprint density at radius 3 is 2.56 bits per heavy atom. The Labute approximate surface area is 193 Å². The van der Waals surface area contributed by atoms with Crippen LogP contribution in [0.25, 0.3) is 0 Å². The molecule has 1 atom stereocenters. The van der Waals surface area contributed by atoms with Gasteiger partial charge in [-0.3, -0.25) is 14.6 Å². The molecule has 4 rings (SSSR count). The first-order valence-corrected chi connectivity index (χ1v) is 12.2. The van der Waals surface area contributed by atoms with Crippen LogP contribution in [0.3, 0.4) is 0 Å². The van der Waals surface area contributed by atoms with Crippen molar-refractivity contribution in [3.63, 3.8) is 0 Å². The molecule has 1 saturated heterocycles. The van der Waals surface area contributed by atoms with Crippen molar-refractivity contribution in [2.75, 3.05) is 39.3 Å². The average molecular weight is 436 g/mol. The van der Waals surface area contributed by atoms with Gasteiger partial charge in [0.15, 0.2) is 0 Å². The van der Waals surface area contributed by atoms with Crippen LogP contribution in [0.1, 0.15) is 43.4 Å². The molecule has 0 bridgehead atoms. The first-order valence-electron chi connectivity index (χ1n) is 12.2. The van der Waals surface area contributed by atoms with Crippen molar-refractivity contribution < 1.29 is 9.53 Å². The van der Waals surface area contributed by atoms with Gasteiger partial charge in [-0.15, -0.1) is 0 Å². The second-order valence-electron chi connectivity index (χ2n) is 9.07. The summed E-state index contributed by atoms with van der Waals surface area (Å²) in [5, 5.41) is 0. The molecule has 172 valence electrons. The number of hydrogen-bond acceptors (Lipinski definition) is 4. The van der Waals surface area contributed by atoms with Crippen LogP contribution >= 0.6 is 0 Å². The van der Waals surface area contributed by atoms with E-state index in [1.54, 1.807) is 0 Å². The molecule has 2 aromatic carbocycles. The van der Waals surface area contributed by atoms with Crippen molar-refractivity contribution in [1.29, 1.82) is 0 Å². The summed E-state index contributed by atoms with van der Waals surface area (Å²) in [6.07, 6.45) is 2.11. The molecule has 0 spiro atoms. The summed E-state index contributed by atoms with van der Waals surface area (Å²) in [7, 11) is 0. The molecule has 1 fully saturated rings. The van der Waals surface area contributed by atoms with Gasteiger partial charge in [-0.05, 0) is 56.5 Å². The first-order chi connectivity index (χ1) is 15.7. The van der Waals surface area contributed by atoms with Gasteiger partial charge in [0.2, 0.25) is 5.91 Å². The van der Waals surface area contributed by atoms with Crippen LogP contribution in [-0.4, -0.2) is 59.9 Å². The minimum absolute atomic E-state index is 0.133. The third kappa shape index (κ3) is 5.70. The summed E-state index contributed by atoms with van der Waals surface area (Å²) in [6, 6.07) is 17.3. The number of amides is 1. The second-order valence-corrected chi connectivity index (χ2v) is 9.07. The smallest absolute Gasteiger partial charge is 0.226 e. The third-order valence-corrected chi connectivity index (χ3v) is 6.77. The second kappa shape index (κ2) is 11.0. The van der Waals surface area contributed by atoms with Gasteiger partial charge < -0.3 is 9.64 Å². The Kier molecular flexibility index (Phi) is 7.82. The Bertz CT molecular complexity index is 882. The van der Waals surface area contributed by atoms with Crippen molar-refractivity contribution in [2.24, 2.45) is 5.92 Å². The zero-order valence-corrected chi connectivity index (χ0v) is 19.6. The summed E-state index contributed by atoms with van der Waals surface area (Å²) in [6.45, 7) is 12.1. The summed E-state index contributed by atoms with van der Waals surface area (Å²) in [4.78, 5) is 19.8. The molecule has 0 N–H and O–H groups in total. The zero-order valence-electron chi connectivity index (χ0n) is 19.6. The van der Waals surface area contributed by atoms with Crippen molar-refractivity contribution in [3.05, 3.63) is 65.2 Å². The number of rotatable bonds is 7. The van der Waals surface area contributed by atoms with Crippen LogP contribution in [0.2, 0.25) is 0 Å². The predicted octanol–water partition coefficient (Wildman–Crippen LogP) is 4.16. The van der Waals surface area contributed by atoms with E-state index in [0.29, 0.717) is 5.91 Å². The number of nitrogens with zero attached hydrogens (tertiary/aromatic N) is 3. The quantitative estimate of drug-likeness (QED) is 0.654. The highest BCUT2D eigenvalue weighted by molar-refractivity contribution is 5.79. The topological polar surface area (TPSA) is 36.0 Å². The number of piperidine rings is 1. The maximum absolute atomic E-state index is 12.9. The molecule has 32 heavy (non-hydrogen) atoms. The van der Waals surface area contributed by atoms with Gasteiger partial charge in [0.1, 0.15) is 12.4 Å². The van der Waals surface area contributed by atoms with Crippen LogP contribution < -0.4 is 4.74 Å². The largest absolute Gasteiger partial charge is 0.492 e. The molecular formula is C27H37N3O2. The molecule has 1 amide bonds. The summed E-state index contributed by atoms with van der Waals surface area (Å²) in [5.41, 5.74) is 3.91. The van der Waals surface area contributed by atoms with Crippen molar-refractivity contribution >= 4 is 5.91 Å². The first kappa shape index (κ1) is 22.8. The van der Waals surface area contributed by atoms with Crippen LogP contribution in [0.5, 0.6) is 5.75 Å². The maximum atomic E-state index is 12.9. The van der Waals surface area contributed by atoms with E-state index in [2.05, 4.69) is 72.2 Å². The normalized spacial score (nSPS) is 19.6. The molecule has 2 aromatic rings. The Morgan fingerprint density at radius 2 is 1.78 bits per heavy atom. The van der Waals surface area contributed by atoms with Gasteiger partial charge in [0.25, 0.3) is 0 Å². The number of likely N-dealkylation sites (tertiary alicyclic amines) is 1. The molecular weight excluding hydrogens is 398 g/mol. The molecule has 0 radical (unpaired) electrons. The van der Waals surface area contributed by atoms with E-state index in [-0.39, 0.29) is 5.92 Å². The highest BCUT2D eigenvalue weighted by Gasteiger charge is 2.28. The van der Waals surface area contributed by atoms with Crippen LogP contribution in [0.4, 0.5) is 0 Å². The molecule has 0 saturated carbocycles. The number of hydrogen-bond donors (Lipinski definition) is 0. The predicted molar refractivity (Wildman–Crippen MR) is 128 cm³/mol. The zero-order chi connectivity index (χ0) is 22.3. The monoisotopic (exact) mass is 435 g/mol. The molecule has 2 aliphatic heterocycles. The minimum atomic E-state index is 0.133. The molecule has 2 aliphatic rings. The van der Waals surface area contributed by atoms with Crippen LogP contribution in [0.15, 0.2) is 48.5 Å². The van der Waals surface area contributed by atoms with Crippen molar-refractivity contribution in [3.8, 4) is 5.75 Å². The fourth-order valence-corrected chi connectivity index (χ4v) is 5.03. The summed E-state index contributed by atoms with van der Waals surface area (Å²) < 4.78 is 6.06. The molecule has 5 nitrogen and oxygen atoms in total. The van der Waals surface area contributed by atoms with Gasteiger partial charge >= 0.3 is 0 Å². The lowest BCUT2D eigenvalue weighted by molar-refractivity contribution is -0.137. The highest BCUT2D eigenvalue weighted by Crippen LogP contribution is 2.27. The summed E-state index contributed by atoms with van der Waals surface area (Å²) in [5.74, 6) is 1.47. The number of carbonyl (C=O) groups is 1. The lowest BCUT2D eigenvalue weighted by Gasteiger charge is -2.34. The van der Waals surface area contributed by atoms with E-state index in [4.69, 9.17) is 4.74 Å². The van der Waals surface area contributed by atoms with Crippen molar-refractivity contribution in [1.82, 2.24) is 14.7 Å². The van der Waals surface area contributed by atoms with E-state index >= 15 is 0 Å². The number of ether oxygens (including phenoxy) is 1. The number of fused-ring (bicyclic) bond motifs is 1. The van der Waals surface area contributed by atoms with E-state index < -0.39 is 0 Å². The average Bonchev–Trinajstić information content (AvgIpc) is 3.02. The van der Waals surface area contributed by atoms with Gasteiger partial charge in [0, 0.05) is 51.4 Å². The third-order valence-electron chi connectivity index (χ3n) is 6.77. The highest BCUT2D eigenvalue weighted by atomic mass is 16.5. The minimum Gasteiger partial charge on any atom is -0.492 e. The van der Waals surface area contributed by atoms with Crippen molar-refractivity contribution in [2.45, 2.75) is 46.3 Å². The molecule has 0 aromatic heterocycles. The SMILES string of the molecule is CCN(CC)C(=O)C1CCCN(Cc2ccc3c(c2)CN(Cc2ccccc2)CCO3)C1. The van der Waals surface area contributed by atoms with Gasteiger partial charge in [0.05, 0.1) is 5.92 Å². The molecule has 0 aliphatic carbocycles. The Hall–Kier alpha value is -2.37. The number of benzene rings is 2. The molecule has 5 heteroatoms. The standard InChI is InChI=1S/C27H37N3O2/c1-3-30(4-2)27(31)24-11-8-14-28(20-24)19-23-12-13-26-25(17-23)21-29(15-16-32-26)18-22-9-6-5-7-10-22/h5-7,9-10,12-13,17,24H,3-4,8,11,14-16,18-21H2,1-2H3. The Morgan fingerprint density at radius 1 is 1.00 bits per heavy atom. The number of carbonyl (C=O) groups excluding carboxylic acids is 1. The van der Waals surface area contributed by atoms with E-state index in [9.17, 15) is 4.79 Å². The van der Waals surface area contributed by atoms with E-state index in [1.807, 2.05) is 4.90 Å². The van der Waals surface area contributed by atoms with Gasteiger partial charge in [-0.2, -0.15) is 0 Å². The lowest BCUT2D eigenvalue weighted by atomic mass is 9.95. The Balaban J connectivity index is 1.40. The maximum Gasteiger partial charge on any atom is 0.226 e. The van der Waals surface area contributed by atoms with Crippen LogP contribution in [-0.2, 0) is 24.4 Å². The van der Waals surface area contributed by atoms with E-state index in [1.165, 1.54) is 16.7 Å². The molecule has 1 unspecified atom stereocenters. The van der Waals surface area contributed by atoms with Gasteiger partial charge in [-0.1, -0.05) is 36.4 Å².